The van der Waals surface area contributed by atoms with Gasteiger partial charge in [-0.3, -0.25) is 0 Å². The van der Waals surface area contributed by atoms with Crippen LogP contribution in [0, 0.1) is 6.92 Å². The first-order valence-electron chi connectivity index (χ1n) is 3.10. The minimum absolute atomic E-state index is 0.139. The lowest BCUT2D eigenvalue weighted by atomic mass is 9.81. The minimum atomic E-state index is -1.55. The molecule has 1 heterocycles. The number of aryl methyl sites for hydroxylation is 1. The van der Waals surface area contributed by atoms with Gasteiger partial charge in [-0.15, -0.1) is 0 Å². The zero-order valence-corrected chi connectivity index (χ0v) is 6.71. The van der Waals surface area contributed by atoms with Crippen LogP contribution in [0.25, 0.3) is 0 Å². The summed E-state index contributed by atoms with van der Waals surface area (Å²) in [6.45, 7) is 1.78. The Balaban J connectivity index is 3.09. The number of hydrogen-bond donors (Lipinski definition) is 2. The van der Waals surface area contributed by atoms with Gasteiger partial charge < -0.3 is 10.0 Å². The Morgan fingerprint density at radius 2 is 2.09 bits per heavy atom. The molecule has 1 aromatic heterocycles. The summed E-state index contributed by atoms with van der Waals surface area (Å²) in [6, 6.07) is 3.20. The standard InChI is InChI=1S/C6H7BClNO2/c1-4-2-3-5(7(10)11)6(8)9-4/h2-3,10-11H,1H3. The van der Waals surface area contributed by atoms with Gasteiger partial charge in [0.2, 0.25) is 0 Å². The van der Waals surface area contributed by atoms with Crippen LogP contribution >= 0.6 is 11.6 Å². The molecular formula is C6H7BClNO2. The highest BCUT2D eigenvalue weighted by Crippen LogP contribution is 2.02. The van der Waals surface area contributed by atoms with Gasteiger partial charge in [0.1, 0.15) is 5.15 Å². The molecule has 0 aliphatic rings. The van der Waals surface area contributed by atoms with Gasteiger partial charge in [0.05, 0.1) is 0 Å². The lowest BCUT2D eigenvalue weighted by Crippen LogP contribution is -2.31. The van der Waals surface area contributed by atoms with E-state index in [1.54, 1.807) is 13.0 Å². The van der Waals surface area contributed by atoms with E-state index in [0.717, 1.165) is 5.69 Å². The minimum Gasteiger partial charge on any atom is -0.423 e. The molecule has 0 fully saturated rings. The molecule has 0 saturated carbocycles. The van der Waals surface area contributed by atoms with Crippen LogP contribution in [0.5, 0.6) is 0 Å². The van der Waals surface area contributed by atoms with Crippen molar-refractivity contribution in [3.63, 3.8) is 0 Å². The fourth-order valence-corrected chi connectivity index (χ4v) is 1.02. The predicted molar refractivity (Wildman–Crippen MR) is 43.8 cm³/mol. The Labute approximate surface area is 69.8 Å². The van der Waals surface area contributed by atoms with Crippen LogP contribution in [0.15, 0.2) is 12.1 Å². The predicted octanol–water partition coefficient (Wildman–Crippen LogP) is -0.277. The van der Waals surface area contributed by atoms with E-state index in [0.29, 0.717) is 0 Å². The molecule has 1 rings (SSSR count). The van der Waals surface area contributed by atoms with Gasteiger partial charge in [-0.1, -0.05) is 17.7 Å². The van der Waals surface area contributed by atoms with Crippen LogP contribution in [0.4, 0.5) is 0 Å². The maximum Gasteiger partial charge on any atom is 0.491 e. The first kappa shape index (κ1) is 8.52. The molecule has 0 spiro atoms. The highest BCUT2D eigenvalue weighted by molar-refractivity contribution is 6.62. The lowest BCUT2D eigenvalue weighted by molar-refractivity contribution is 0.425. The van der Waals surface area contributed by atoms with Crippen molar-refractivity contribution in [2.75, 3.05) is 0 Å². The molecule has 0 aromatic carbocycles. The Hall–Kier alpha value is -0.575. The third kappa shape index (κ3) is 1.93. The zero-order chi connectivity index (χ0) is 8.43. The molecule has 0 atom stereocenters. The Morgan fingerprint density at radius 1 is 1.45 bits per heavy atom. The number of pyridine rings is 1. The van der Waals surface area contributed by atoms with Crippen LogP contribution < -0.4 is 5.46 Å². The number of hydrogen-bond acceptors (Lipinski definition) is 3. The van der Waals surface area contributed by atoms with Crippen LogP contribution in [0.1, 0.15) is 5.69 Å². The van der Waals surface area contributed by atoms with Crippen LogP contribution in [-0.2, 0) is 0 Å². The first-order chi connectivity index (χ1) is 5.11. The van der Waals surface area contributed by atoms with Gasteiger partial charge in [0, 0.05) is 11.2 Å². The monoisotopic (exact) mass is 171 g/mol. The van der Waals surface area contributed by atoms with Crippen LogP contribution in [0.2, 0.25) is 5.15 Å². The summed E-state index contributed by atoms with van der Waals surface area (Å²) in [5, 5.41) is 17.6. The van der Waals surface area contributed by atoms with Crippen molar-refractivity contribution >= 4 is 24.2 Å². The zero-order valence-electron chi connectivity index (χ0n) is 5.95. The van der Waals surface area contributed by atoms with Crippen molar-refractivity contribution in [1.29, 1.82) is 0 Å². The summed E-state index contributed by atoms with van der Waals surface area (Å²) in [7, 11) is -1.55. The van der Waals surface area contributed by atoms with Gasteiger partial charge in [0.15, 0.2) is 0 Å². The summed E-state index contributed by atoms with van der Waals surface area (Å²) in [5.41, 5.74) is 0.983. The van der Waals surface area contributed by atoms with Gasteiger partial charge in [0.25, 0.3) is 0 Å². The highest BCUT2D eigenvalue weighted by atomic mass is 35.5. The summed E-state index contributed by atoms with van der Waals surface area (Å²) in [4.78, 5) is 3.84. The molecule has 0 aliphatic carbocycles. The molecule has 0 amide bonds. The topological polar surface area (TPSA) is 53.4 Å². The summed E-state index contributed by atoms with van der Waals surface area (Å²) < 4.78 is 0. The molecule has 1 aromatic rings. The number of halogens is 1. The number of rotatable bonds is 1. The molecule has 5 heteroatoms. The van der Waals surface area contributed by atoms with E-state index in [1.165, 1.54) is 6.07 Å². The summed E-state index contributed by atoms with van der Waals surface area (Å²) >= 11 is 5.59. The van der Waals surface area contributed by atoms with E-state index in [9.17, 15) is 0 Å². The van der Waals surface area contributed by atoms with Crippen molar-refractivity contribution in [3.8, 4) is 0 Å². The van der Waals surface area contributed by atoms with Crippen LogP contribution in [0.3, 0.4) is 0 Å². The van der Waals surface area contributed by atoms with E-state index in [1.807, 2.05) is 0 Å². The molecule has 0 unspecified atom stereocenters. The second-order valence-electron chi connectivity index (χ2n) is 2.21. The van der Waals surface area contributed by atoms with E-state index in [2.05, 4.69) is 4.98 Å². The van der Waals surface area contributed by atoms with Crippen LogP contribution in [-0.4, -0.2) is 22.2 Å². The van der Waals surface area contributed by atoms with Crippen molar-refractivity contribution in [1.82, 2.24) is 4.98 Å². The van der Waals surface area contributed by atoms with E-state index in [4.69, 9.17) is 21.6 Å². The first-order valence-corrected chi connectivity index (χ1v) is 3.48. The SMILES string of the molecule is Cc1ccc(B(O)O)c(Cl)n1. The second-order valence-corrected chi connectivity index (χ2v) is 2.56. The Kier molecular flexibility index (Phi) is 2.49. The molecule has 11 heavy (non-hydrogen) atoms. The number of aromatic nitrogens is 1. The summed E-state index contributed by atoms with van der Waals surface area (Å²) in [6.07, 6.45) is 0. The highest BCUT2D eigenvalue weighted by Gasteiger charge is 2.15. The molecule has 2 N–H and O–H groups in total. The maximum absolute atomic E-state index is 8.73. The van der Waals surface area contributed by atoms with E-state index in [-0.39, 0.29) is 10.6 Å². The van der Waals surface area contributed by atoms with Gasteiger partial charge in [-0.2, -0.15) is 0 Å². The van der Waals surface area contributed by atoms with Crippen molar-refractivity contribution < 1.29 is 10.0 Å². The molecule has 58 valence electrons. The third-order valence-corrected chi connectivity index (χ3v) is 1.60. The molecule has 0 bridgehead atoms. The maximum atomic E-state index is 8.73. The number of nitrogens with zero attached hydrogens (tertiary/aromatic N) is 1. The lowest BCUT2D eigenvalue weighted by Gasteiger charge is -2.01. The molecule has 0 aliphatic heterocycles. The Bertz CT molecular complexity index is 267. The van der Waals surface area contributed by atoms with E-state index >= 15 is 0 Å². The largest absolute Gasteiger partial charge is 0.491 e. The van der Waals surface area contributed by atoms with Gasteiger partial charge in [-0.05, 0) is 13.0 Å². The fraction of sp³-hybridized carbons (Fsp3) is 0.167. The second kappa shape index (κ2) is 3.22. The fourth-order valence-electron chi connectivity index (χ4n) is 0.728. The molecule has 0 saturated heterocycles. The third-order valence-electron chi connectivity index (χ3n) is 1.29. The van der Waals surface area contributed by atoms with Crippen molar-refractivity contribution in [2.45, 2.75) is 6.92 Å². The molecular weight excluding hydrogens is 164 g/mol. The van der Waals surface area contributed by atoms with Crippen molar-refractivity contribution in [3.05, 3.63) is 23.0 Å². The normalized spacial score (nSPS) is 9.82. The Morgan fingerprint density at radius 3 is 2.55 bits per heavy atom. The average Bonchev–Trinajstić information content (AvgIpc) is 1.85. The average molecular weight is 171 g/mol. The van der Waals surface area contributed by atoms with Crippen molar-refractivity contribution in [2.24, 2.45) is 0 Å². The molecule has 3 nitrogen and oxygen atoms in total. The quantitative estimate of drug-likeness (QED) is 0.451. The van der Waals surface area contributed by atoms with Gasteiger partial charge >= 0.3 is 7.12 Å². The molecule has 0 radical (unpaired) electrons. The summed E-state index contributed by atoms with van der Waals surface area (Å²) in [5.74, 6) is 0. The smallest absolute Gasteiger partial charge is 0.423 e. The van der Waals surface area contributed by atoms with E-state index < -0.39 is 7.12 Å². The van der Waals surface area contributed by atoms with Gasteiger partial charge in [-0.25, -0.2) is 4.98 Å².